The minimum Gasteiger partial charge on any atom is -0.356 e. The third-order valence-electron chi connectivity index (χ3n) is 5.25. The molecule has 6 nitrogen and oxygen atoms in total. The quantitative estimate of drug-likeness (QED) is 0.520. The molecule has 0 saturated carbocycles. The first-order chi connectivity index (χ1) is 14.3. The Morgan fingerprint density at radius 2 is 2.07 bits per heavy atom. The zero-order valence-electron chi connectivity index (χ0n) is 16.4. The third-order valence-corrected chi connectivity index (χ3v) is 5.25. The van der Waals surface area contributed by atoms with Gasteiger partial charge < -0.3 is 10.1 Å². The number of benzene rings is 2. The molecule has 1 N–H and O–H groups in total. The van der Waals surface area contributed by atoms with Crippen LogP contribution in [0.3, 0.4) is 0 Å². The topological polar surface area (TPSA) is 64.9 Å². The second-order valence-electron chi connectivity index (χ2n) is 7.44. The van der Waals surface area contributed by atoms with E-state index in [0.717, 1.165) is 47.3 Å². The van der Waals surface area contributed by atoms with Crippen LogP contribution in [-0.2, 0) is 4.74 Å². The number of nitrogens with one attached hydrogen (secondary N) is 1. The van der Waals surface area contributed by atoms with Gasteiger partial charge in [0.2, 0.25) is 5.95 Å². The maximum Gasteiger partial charge on any atom is 0.227 e. The molecule has 6 heteroatoms. The molecule has 0 spiro atoms. The van der Waals surface area contributed by atoms with Gasteiger partial charge in [-0.2, -0.15) is 5.10 Å². The number of hydrogen-bond acceptors (Lipinski definition) is 5. The Hall–Kier alpha value is -3.25. The van der Waals surface area contributed by atoms with E-state index in [2.05, 4.69) is 52.7 Å². The lowest BCUT2D eigenvalue weighted by molar-refractivity contribution is -0.0366. The van der Waals surface area contributed by atoms with Crippen LogP contribution in [0.4, 0.5) is 11.6 Å². The summed E-state index contributed by atoms with van der Waals surface area (Å²) in [5.74, 6) is 0.581. The Balaban J connectivity index is 1.47. The molecule has 4 aromatic rings. The van der Waals surface area contributed by atoms with Crippen molar-refractivity contribution in [3.63, 3.8) is 0 Å². The van der Waals surface area contributed by atoms with Gasteiger partial charge in [-0.05, 0) is 56.0 Å². The molecule has 29 heavy (non-hydrogen) atoms. The number of rotatable bonds is 4. The summed E-state index contributed by atoms with van der Waals surface area (Å²) in [4.78, 5) is 9.09. The molecule has 2 aromatic heterocycles. The molecule has 1 unspecified atom stereocenters. The molecule has 146 valence electrons. The standard InChI is InChI=1S/C23H23N5O/c1-16-5-4-6-19(13-16)26-23-24-11-10-20(27-23)17-8-9-18-15-25-28(21(18)14-17)22-7-2-3-12-29-22/h4-6,8-11,13-15,22H,2-3,7,12H2,1H3,(H,24,26,27). The number of aryl methyl sites for hydroxylation is 1. The smallest absolute Gasteiger partial charge is 0.227 e. The summed E-state index contributed by atoms with van der Waals surface area (Å²) < 4.78 is 7.94. The monoisotopic (exact) mass is 385 g/mol. The van der Waals surface area contributed by atoms with Crippen LogP contribution in [0.5, 0.6) is 0 Å². The van der Waals surface area contributed by atoms with Gasteiger partial charge in [0.25, 0.3) is 0 Å². The van der Waals surface area contributed by atoms with Gasteiger partial charge in [0.05, 0.1) is 17.4 Å². The average Bonchev–Trinajstić information content (AvgIpc) is 3.18. The largest absolute Gasteiger partial charge is 0.356 e. The van der Waals surface area contributed by atoms with E-state index < -0.39 is 0 Å². The number of nitrogens with zero attached hydrogens (tertiary/aromatic N) is 4. The lowest BCUT2D eigenvalue weighted by atomic mass is 10.1. The van der Waals surface area contributed by atoms with Crippen LogP contribution in [0, 0.1) is 6.92 Å². The Morgan fingerprint density at radius 1 is 1.10 bits per heavy atom. The molecule has 1 fully saturated rings. The second kappa shape index (κ2) is 7.64. The Kier molecular flexibility index (Phi) is 4.69. The highest BCUT2D eigenvalue weighted by atomic mass is 16.5. The zero-order valence-corrected chi connectivity index (χ0v) is 16.4. The summed E-state index contributed by atoms with van der Waals surface area (Å²) >= 11 is 0. The minimum atomic E-state index is 0.0143. The van der Waals surface area contributed by atoms with Crippen molar-refractivity contribution in [2.24, 2.45) is 0 Å². The van der Waals surface area contributed by atoms with Crippen LogP contribution in [0.15, 0.2) is 60.9 Å². The maximum atomic E-state index is 5.94. The van der Waals surface area contributed by atoms with Crippen LogP contribution < -0.4 is 5.32 Å². The van der Waals surface area contributed by atoms with E-state index in [1.807, 2.05) is 29.1 Å². The van der Waals surface area contributed by atoms with Gasteiger partial charge in [-0.25, -0.2) is 14.6 Å². The molecule has 1 atom stereocenters. The van der Waals surface area contributed by atoms with Gasteiger partial charge >= 0.3 is 0 Å². The highest BCUT2D eigenvalue weighted by Gasteiger charge is 2.18. The molecule has 3 heterocycles. The van der Waals surface area contributed by atoms with Crippen molar-refractivity contribution < 1.29 is 4.74 Å². The van der Waals surface area contributed by atoms with Crippen LogP contribution >= 0.6 is 0 Å². The molecule has 0 bridgehead atoms. The fourth-order valence-corrected chi connectivity index (χ4v) is 3.77. The van der Waals surface area contributed by atoms with Crippen LogP contribution in [0.25, 0.3) is 22.2 Å². The van der Waals surface area contributed by atoms with Crippen LogP contribution in [-0.4, -0.2) is 26.4 Å². The fraction of sp³-hybridized carbons (Fsp3) is 0.261. The highest BCUT2D eigenvalue weighted by molar-refractivity contribution is 5.84. The Labute approximate surface area is 169 Å². The van der Waals surface area contributed by atoms with Gasteiger partial charge in [-0.15, -0.1) is 0 Å². The first-order valence-electron chi connectivity index (χ1n) is 10.0. The molecule has 1 aliphatic heterocycles. The third kappa shape index (κ3) is 3.71. The van der Waals surface area contributed by atoms with Crippen molar-refractivity contribution in [2.45, 2.75) is 32.4 Å². The van der Waals surface area contributed by atoms with Crippen LogP contribution in [0.1, 0.15) is 31.1 Å². The van der Waals surface area contributed by atoms with Gasteiger partial charge in [-0.1, -0.05) is 24.3 Å². The summed E-state index contributed by atoms with van der Waals surface area (Å²) in [6, 6.07) is 16.4. The van der Waals surface area contributed by atoms with E-state index in [9.17, 15) is 0 Å². The maximum absolute atomic E-state index is 5.94. The fourth-order valence-electron chi connectivity index (χ4n) is 3.77. The summed E-state index contributed by atoms with van der Waals surface area (Å²) in [6.07, 6.45) is 7.00. The summed E-state index contributed by atoms with van der Waals surface area (Å²) in [6.45, 7) is 2.86. The number of hydrogen-bond donors (Lipinski definition) is 1. The molecule has 1 aliphatic rings. The Morgan fingerprint density at radius 3 is 2.93 bits per heavy atom. The van der Waals surface area contributed by atoms with Crippen LogP contribution in [0.2, 0.25) is 0 Å². The SMILES string of the molecule is Cc1cccc(Nc2nccc(-c3ccc4cnn(C5CCCCO5)c4c3)n2)c1. The summed E-state index contributed by atoms with van der Waals surface area (Å²) in [5, 5.41) is 8.98. The molecular weight excluding hydrogens is 362 g/mol. The lowest BCUT2D eigenvalue weighted by Crippen LogP contribution is -2.18. The molecule has 1 saturated heterocycles. The van der Waals surface area contributed by atoms with Gasteiger partial charge in [0, 0.05) is 29.4 Å². The molecule has 0 radical (unpaired) electrons. The van der Waals surface area contributed by atoms with E-state index in [-0.39, 0.29) is 6.23 Å². The Bertz CT molecular complexity index is 1150. The van der Waals surface area contributed by atoms with E-state index in [1.165, 1.54) is 12.0 Å². The highest BCUT2D eigenvalue weighted by Crippen LogP contribution is 2.29. The van der Waals surface area contributed by atoms with Crippen molar-refractivity contribution in [3.8, 4) is 11.3 Å². The summed E-state index contributed by atoms with van der Waals surface area (Å²) in [5.41, 5.74) is 5.14. The first-order valence-corrected chi connectivity index (χ1v) is 10.0. The second-order valence-corrected chi connectivity index (χ2v) is 7.44. The normalized spacial score (nSPS) is 16.8. The van der Waals surface area contributed by atoms with Crippen molar-refractivity contribution in [1.82, 2.24) is 19.7 Å². The number of fused-ring (bicyclic) bond motifs is 1. The van der Waals surface area contributed by atoms with Crippen molar-refractivity contribution in [1.29, 1.82) is 0 Å². The zero-order chi connectivity index (χ0) is 19.6. The average molecular weight is 385 g/mol. The predicted octanol–water partition coefficient (Wildman–Crippen LogP) is 5.24. The lowest BCUT2D eigenvalue weighted by Gasteiger charge is -2.23. The summed E-state index contributed by atoms with van der Waals surface area (Å²) in [7, 11) is 0. The molecule has 0 aliphatic carbocycles. The molecule has 0 amide bonds. The van der Waals surface area contributed by atoms with E-state index in [0.29, 0.717) is 5.95 Å². The van der Waals surface area contributed by atoms with Gasteiger partial charge in [-0.3, -0.25) is 0 Å². The molecular formula is C23H23N5O. The number of anilines is 2. The minimum absolute atomic E-state index is 0.0143. The van der Waals surface area contributed by atoms with E-state index in [1.54, 1.807) is 6.20 Å². The molecule has 5 rings (SSSR count). The predicted molar refractivity (Wildman–Crippen MR) is 114 cm³/mol. The first kappa shape index (κ1) is 17.8. The van der Waals surface area contributed by atoms with Crippen molar-refractivity contribution in [2.75, 3.05) is 11.9 Å². The number of ether oxygens (including phenoxy) is 1. The molecule has 2 aromatic carbocycles. The van der Waals surface area contributed by atoms with E-state index >= 15 is 0 Å². The van der Waals surface area contributed by atoms with Gasteiger partial charge in [0.1, 0.15) is 0 Å². The van der Waals surface area contributed by atoms with Crippen molar-refractivity contribution in [3.05, 3.63) is 66.5 Å². The van der Waals surface area contributed by atoms with Gasteiger partial charge in [0.15, 0.2) is 6.23 Å². The van der Waals surface area contributed by atoms with E-state index in [4.69, 9.17) is 9.72 Å². The number of aromatic nitrogens is 4. The van der Waals surface area contributed by atoms with Crippen molar-refractivity contribution >= 4 is 22.5 Å².